The molecule has 1 N–H and O–H groups in total. The Morgan fingerprint density at radius 1 is 1.07 bits per heavy atom. The van der Waals surface area contributed by atoms with Gasteiger partial charge in [0.15, 0.2) is 0 Å². The van der Waals surface area contributed by atoms with Crippen molar-refractivity contribution in [3.8, 4) is 0 Å². The molecule has 1 saturated heterocycles. The molecule has 0 radical (unpaired) electrons. The van der Waals surface area contributed by atoms with Gasteiger partial charge < -0.3 is 10.2 Å². The number of nitrogens with zero attached hydrogens (tertiary/aromatic N) is 3. The first-order valence-corrected chi connectivity index (χ1v) is 10.3. The Balaban J connectivity index is 1.13. The van der Waals surface area contributed by atoms with E-state index in [1.54, 1.807) is 10.9 Å². The molecule has 6 nitrogen and oxygen atoms in total. The van der Waals surface area contributed by atoms with Crippen molar-refractivity contribution in [3.05, 3.63) is 53.9 Å². The van der Waals surface area contributed by atoms with Crippen LogP contribution in [0.2, 0.25) is 0 Å². The van der Waals surface area contributed by atoms with E-state index in [9.17, 15) is 9.59 Å². The highest BCUT2D eigenvalue weighted by atomic mass is 16.2. The van der Waals surface area contributed by atoms with Gasteiger partial charge in [0.25, 0.3) is 0 Å². The first-order chi connectivity index (χ1) is 13.6. The van der Waals surface area contributed by atoms with Gasteiger partial charge in [0.05, 0.1) is 0 Å². The average Bonchev–Trinajstić information content (AvgIpc) is 3.14. The fourth-order valence-electron chi connectivity index (χ4n) is 5.07. The summed E-state index contributed by atoms with van der Waals surface area (Å²) in [5.74, 6) is 0.653. The molecule has 146 valence electrons. The zero-order valence-corrected chi connectivity index (χ0v) is 16.0. The van der Waals surface area contributed by atoms with Crippen LogP contribution in [0.3, 0.4) is 0 Å². The zero-order valence-electron chi connectivity index (χ0n) is 16.0. The average molecular weight is 378 g/mol. The number of carbonyl (C=O) groups excluding carboxylic acids is 2. The van der Waals surface area contributed by atoms with Gasteiger partial charge in [-0.2, -0.15) is 5.10 Å². The number of carbonyl (C=O) groups is 2. The molecule has 1 aliphatic carbocycles. The minimum Gasteiger partial charge on any atom is -0.335 e. The molecule has 3 heterocycles. The van der Waals surface area contributed by atoms with Crippen molar-refractivity contribution < 1.29 is 9.59 Å². The van der Waals surface area contributed by atoms with Crippen LogP contribution in [0.25, 0.3) is 0 Å². The monoisotopic (exact) mass is 378 g/mol. The lowest BCUT2D eigenvalue weighted by atomic mass is 9.70. The van der Waals surface area contributed by atoms with Gasteiger partial charge in [0.2, 0.25) is 5.91 Å². The standard InChI is InChI=1S/C22H26N4O2/c27-20-15-22(14-19-6-9-23-26(19)20)7-10-25(11-8-22)21(28)24-18-12-17(13-18)16-4-2-1-3-5-16/h1-6,9,17-18H,7-8,10-15H2,(H,24,28). The van der Waals surface area contributed by atoms with Crippen LogP contribution < -0.4 is 5.32 Å². The number of fused-ring (bicyclic) bond motifs is 1. The van der Waals surface area contributed by atoms with Crippen molar-refractivity contribution in [3.63, 3.8) is 0 Å². The fraction of sp³-hybridized carbons (Fsp3) is 0.500. The highest BCUT2D eigenvalue weighted by Gasteiger charge is 2.42. The van der Waals surface area contributed by atoms with E-state index in [4.69, 9.17) is 0 Å². The van der Waals surface area contributed by atoms with Gasteiger partial charge in [-0.05, 0) is 55.1 Å². The maximum Gasteiger partial charge on any atom is 0.317 e. The summed E-state index contributed by atoms with van der Waals surface area (Å²) in [6.07, 6.45) is 6.94. The molecule has 5 rings (SSSR count). The highest BCUT2D eigenvalue weighted by molar-refractivity contribution is 5.81. The lowest BCUT2D eigenvalue weighted by Gasteiger charge is -2.44. The van der Waals surface area contributed by atoms with E-state index in [-0.39, 0.29) is 23.4 Å². The number of piperidine rings is 1. The third-order valence-electron chi connectivity index (χ3n) is 6.89. The molecule has 0 unspecified atom stereocenters. The number of aromatic nitrogens is 2. The molecule has 2 aliphatic heterocycles. The minimum atomic E-state index is -0.00122. The Kier molecular flexibility index (Phi) is 4.22. The Morgan fingerprint density at radius 2 is 1.82 bits per heavy atom. The summed E-state index contributed by atoms with van der Waals surface area (Å²) in [6.45, 7) is 1.45. The number of amides is 2. The molecule has 1 aromatic heterocycles. The van der Waals surface area contributed by atoms with Gasteiger partial charge in [0, 0.05) is 37.4 Å². The van der Waals surface area contributed by atoms with Crippen LogP contribution in [0, 0.1) is 5.41 Å². The Labute approximate surface area is 164 Å². The van der Waals surface area contributed by atoms with E-state index in [2.05, 4.69) is 34.7 Å². The fourth-order valence-corrected chi connectivity index (χ4v) is 5.07. The van der Waals surface area contributed by atoms with Gasteiger partial charge >= 0.3 is 6.03 Å². The van der Waals surface area contributed by atoms with Crippen molar-refractivity contribution >= 4 is 11.9 Å². The largest absolute Gasteiger partial charge is 0.335 e. The topological polar surface area (TPSA) is 67.2 Å². The smallest absolute Gasteiger partial charge is 0.317 e. The number of urea groups is 1. The summed E-state index contributed by atoms with van der Waals surface area (Å²) in [5.41, 5.74) is 2.38. The first kappa shape index (κ1) is 17.5. The molecule has 3 aliphatic rings. The summed E-state index contributed by atoms with van der Waals surface area (Å²) < 4.78 is 1.55. The zero-order chi connectivity index (χ0) is 19.1. The van der Waals surface area contributed by atoms with Crippen molar-refractivity contribution in [1.82, 2.24) is 20.0 Å². The molecule has 0 bridgehead atoms. The van der Waals surface area contributed by atoms with Gasteiger partial charge in [-0.3, -0.25) is 4.79 Å². The summed E-state index contributed by atoms with van der Waals surface area (Å²) in [4.78, 5) is 27.0. The third kappa shape index (κ3) is 3.11. The van der Waals surface area contributed by atoms with E-state index in [1.165, 1.54) is 5.56 Å². The Morgan fingerprint density at radius 3 is 2.57 bits per heavy atom. The van der Waals surface area contributed by atoms with E-state index >= 15 is 0 Å². The van der Waals surface area contributed by atoms with E-state index in [0.717, 1.165) is 50.9 Å². The molecule has 2 amide bonds. The van der Waals surface area contributed by atoms with E-state index in [1.807, 2.05) is 17.0 Å². The molecule has 6 heteroatoms. The van der Waals surface area contributed by atoms with Crippen LogP contribution >= 0.6 is 0 Å². The van der Waals surface area contributed by atoms with Crippen LogP contribution in [0.4, 0.5) is 4.79 Å². The van der Waals surface area contributed by atoms with Crippen molar-refractivity contribution in [2.45, 2.75) is 50.5 Å². The Bertz CT molecular complexity index is 877. The number of rotatable bonds is 2. The number of hydrogen-bond donors (Lipinski definition) is 1. The van der Waals surface area contributed by atoms with Crippen LogP contribution in [-0.4, -0.2) is 45.8 Å². The second-order valence-electron chi connectivity index (χ2n) is 8.69. The predicted octanol–water partition coefficient (Wildman–Crippen LogP) is 3.21. The minimum absolute atomic E-state index is 0.00122. The van der Waals surface area contributed by atoms with Gasteiger partial charge in [-0.25, -0.2) is 9.48 Å². The van der Waals surface area contributed by atoms with Crippen molar-refractivity contribution in [1.29, 1.82) is 0 Å². The maximum absolute atomic E-state index is 12.7. The molecular formula is C22H26N4O2. The molecule has 28 heavy (non-hydrogen) atoms. The van der Waals surface area contributed by atoms with E-state index < -0.39 is 0 Å². The maximum atomic E-state index is 12.7. The van der Waals surface area contributed by atoms with Crippen LogP contribution in [0.5, 0.6) is 0 Å². The molecule has 2 aromatic rings. The van der Waals surface area contributed by atoms with Crippen LogP contribution in [0.1, 0.15) is 54.1 Å². The molecule has 1 spiro atoms. The van der Waals surface area contributed by atoms with Gasteiger partial charge in [0.1, 0.15) is 0 Å². The first-order valence-electron chi connectivity index (χ1n) is 10.3. The lowest BCUT2D eigenvalue weighted by Crippen LogP contribution is -2.53. The highest BCUT2D eigenvalue weighted by Crippen LogP contribution is 2.42. The second-order valence-corrected chi connectivity index (χ2v) is 8.69. The molecule has 2 fully saturated rings. The number of benzene rings is 1. The van der Waals surface area contributed by atoms with Gasteiger partial charge in [-0.15, -0.1) is 0 Å². The number of likely N-dealkylation sites (tertiary alicyclic amines) is 1. The summed E-state index contributed by atoms with van der Waals surface area (Å²) >= 11 is 0. The van der Waals surface area contributed by atoms with Gasteiger partial charge in [-0.1, -0.05) is 30.3 Å². The predicted molar refractivity (Wildman–Crippen MR) is 105 cm³/mol. The molecule has 1 aromatic carbocycles. The number of nitrogens with one attached hydrogen (secondary N) is 1. The number of hydrogen-bond acceptors (Lipinski definition) is 3. The SMILES string of the molecule is O=C(NC1CC(c2ccccc2)C1)N1CCC2(CC1)CC(=O)n1nccc1C2. The molecule has 1 saturated carbocycles. The molecular weight excluding hydrogens is 352 g/mol. The summed E-state index contributed by atoms with van der Waals surface area (Å²) in [7, 11) is 0. The molecule has 0 atom stereocenters. The lowest BCUT2D eigenvalue weighted by molar-refractivity contribution is 0.0602. The Hall–Kier alpha value is -2.63. The van der Waals surface area contributed by atoms with Crippen molar-refractivity contribution in [2.75, 3.05) is 13.1 Å². The van der Waals surface area contributed by atoms with E-state index in [0.29, 0.717) is 12.3 Å². The van der Waals surface area contributed by atoms with Crippen LogP contribution in [0.15, 0.2) is 42.6 Å². The quantitative estimate of drug-likeness (QED) is 0.873. The summed E-state index contributed by atoms with van der Waals surface area (Å²) in [6, 6.07) is 12.8. The normalized spacial score (nSPS) is 25.9. The van der Waals surface area contributed by atoms with Crippen molar-refractivity contribution in [2.24, 2.45) is 5.41 Å². The van der Waals surface area contributed by atoms with Crippen LogP contribution in [-0.2, 0) is 6.42 Å². The third-order valence-corrected chi connectivity index (χ3v) is 6.89. The second kappa shape index (κ2) is 6.76. The summed E-state index contributed by atoms with van der Waals surface area (Å²) in [5, 5.41) is 7.33.